The molecule has 0 aliphatic carbocycles. The molecular weight excluding hydrogens is 371 g/mol. The van der Waals surface area contributed by atoms with E-state index in [0.717, 1.165) is 0 Å². The summed E-state index contributed by atoms with van der Waals surface area (Å²) in [5.41, 5.74) is 0. The summed E-state index contributed by atoms with van der Waals surface area (Å²) in [5.74, 6) is 0. The van der Waals surface area contributed by atoms with Gasteiger partial charge in [0.15, 0.2) is 0 Å². The van der Waals surface area contributed by atoms with Crippen LogP contribution in [0.15, 0.2) is 0 Å². The molecule has 0 aromatic heterocycles. The summed E-state index contributed by atoms with van der Waals surface area (Å²) in [7, 11) is -5.46. The summed E-state index contributed by atoms with van der Waals surface area (Å²) >= 11 is -0.941. The summed E-state index contributed by atoms with van der Waals surface area (Å²) in [6.45, 7) is 15.1. The number of rotatable bonds is 14. The molecule has 0 N–H and O–H groups in total. The van der Waals surface area contributed by atoms with E-state index >= 15 is 0 Å². The maximum absolute atomic E-state index is 5.95. The third-order valence-electron chi connectivity index (χ3n) is 2.31. The van der Waals surface area contributed by atoms with Crippen LogP contribution in [0.2, 0.25) is 0 Å². The quantitative estimate of drug-likeness (QED) is 0.411. The first-order valence-corrected chi connectivity index (χ1v) is 17.4. The molecule has 0 saturated heterocycles. The fourth-order valence-corrected chi connectivity index (χ4v) is 28.5. The Kier molecular flexibility index (Phi) is 12.6. The summed E-state index contributed by atoms with van der Waals surface area (Å²) in [5, 5.41) is 0. The Morgan fingerprint density at radius 2 is 0.667 bits per heavy atom. The first-order chi connectivity index (χ1) is 10.1. The molecule has 6 nitrogen and oxygen atoms in total. The van der Waals surface area contributed by atoms with E-state index in [1.165, 1.54) is 0 Å². The van der Waals surface area contributed by atoms with Crippen LogP contribution in [0.3, 0.4) is 0 Å². The molecule has 128 valence electrons. The summed E-state index contributed by atoms with van der Waals surface area (Å²) in [6, 6.07) is 0. The van der Waals surface area contributed by atoms with Crippen molar-refractivity contribution in [3.05, 3.63) is 0 Å². The predicted octanol–water partition coefficient (Wildman–Crippen LogP) is 1.51. The van der Waals surface area contributed by atoms with Crippen molar-refractivity contribution in [1.82, 2.24) is 0 Å². The van der Waals surface area contributed by atoms with Crippen LogP contribution in [0.5, 0.6) is 0 Å². The average Bonchev–Trinajstić information content (AvgIpc) is 2.40. The minimum atomic E-state index is -2.73. The van der Waals surface area contributed by atoms with Crippen molar-refractivity contribution in [2.45, 2.75) is 41.5 Å². The van der Waals surface area contributed by atoms with Crippen LogP contribution in [0.25, 0.3) is 0 Å². The van der Waals surface area contributed by atoms with Crippen molar-refractivity contribution in [1.29, 1.82) is 0 Å². The molecule has 0 bridgehead atoms. The molecule has 9 heteroatoms. The van der Waals surface area contributed by atoms with Gasteiger partial charge in [0.2, 0.25) is 0 Å². The molecule has 0 spiro atoms. The summed E-state index contributed by atoms with van der Waals surface area (Å²) < 4.78 is 35.7. The van der Waals surface area contributed by atoms with Crippen LogP contribution in [0, 0.1) is 0 Å². The van der Waals surface area contributed by atoms with Crippen LogP contribution < -0.4 is 0 Å². The van der Waals surface area contributed by atoms with E-state index in [1.54, 1.807) is 0 Å². The molecule has 0 aliphatic heterocycles. The third kappa shape index (κ3) is 7.72. The monoisotopic (exact) mass is 402 g/mol. The van der Waals surface area contributed by atoms with E-state index in [0.29, 0.717) is 39.6 Å². The fourth-order valence-electron chi connectivity index (χ4n) is 1.79. The van der Waals surface area contributed by atoms with Gasteiger partial charge in [-0.25, -0.2) is 0 Å². The first-order valence-electron chi connectivity index (χ1n) is 7.70. The van der Waals surface area contributed by atoms with E-state index in [2.05, 4.69) is 0 Å². The van der Waals surface area contributed by atoms with E-state index in [9.17, 15) is 0 Å². The first kappa shape index (κ1) is 21.8. The van der Waals surface area contributed by atoms with Gasteiger partial charge in [-0.05, 0) is 0 Å². The van der Waals surface area contributed by atoms with Gasteiger partial charge in [0.05, 0.1) is 0 Å². The Hall–Kier alpha value is 0.752. The van der Waals surface area contributed by atoms with Gasteiger partial charge in [0, 0.05) is 0 Å². The number of hydrogen-bond donors (Lipinski definition) is 0. The summed E-state index contributed by atoms with van der Waals surface area (Å²) in [6.07, 6.45) is 0. The maximum atomic E-state index is 5.95. The molecule has 0 heterocycles. The third-order valence-corrected chi connectivity index (χ3v) is 25.8. The zero-order chi connectivity index (χ0) is 16.2. The van der Waals surface area contributed by atoms with Crippen molar-refractivity contribution >= 4 is 29.0 Å². The molecule has 0 unspecified atom stereocenters. The second-order valence-electron chi connectivity index (χ2n) is 3.84. The Morgan fingerprint density at radius 3 is 0.810 bits per heavy atom. The van der Waals surface area contributed by atoms with Crippen molar-refractivity contribution < 1.29 is 26.6 Å². The second-order valence-corrected chi connectivity index (χ2v) is 21.2. The van der Waals surface area contributed by atoms with Gasteiger partial charge in [0.25, 0.3) is 0 Å². The van der Waals surface area contributed by atoms with Crippen molar-refractivity contribution in [3.8, 4) is 0 Å². The van der Waals surface area contributed by atoms with Gasteiger partial charge in [-0.15, -0.1) is 0 Å². The van der Waals surface area contributed by atoms with Crippen LogP contribution in [0.1, 0.15) is 41.5 Å². The van der Waals surface area contributed by atoms with Crippen molar-refractivity contribution in [2.75, 3.05) is 39.6 Å². The van der Waals surface area contributed by atoms with Gasteiger partial charge in [-0.1, -0.05) is 0 Å². The van der Waals surface area contributed by atoms with Gasteiger partial charge in [-0.2, -0.15) is 0 Å². The molecule has 0 atom stereocenters. The zero-order valence-corrected chi connectivity index (χ0v) is 18.3. The molecule has 0 radical (unpaired) electrons. The van der Waals surface area contributed by atoms with Gasteiger partial charge in [-0.3, -0.25) is 0 Å². The zero-order valence-electron chi connectivity index (χ0n) is 14.2. The van der Waals surface area contributed by atoms with Crippen LogP contribution in [-0.2, 0) is 26.6 Å². The summed E-state index contributed by atoms with van der Waals surface area (Å²) in [4.78, 5) is 0. The van der Waals surface area contributed by atoms with Crippen LogP contribution in [0.4, 0.5) is 0 Å². The number of hydrogen-bond acceptors (Lipinski definition) is 6. The predicted molar refractivity (Wildman–Crippen MR) is 88.4 cm³/mol. The van der Waals surface area contributed by atoms with E-state index in [1.807, 2.05) is 41.5 Å². The molecule has 21 heavy (non-hydrogen) atoms. The Bertz CT molecular complexity index is 202. The Balaban J connectivity index is 5.30. The second kappa shape index (κ2) is 12.2. The van der Waals surface area contributed by atoms with E-state index in [4.69, 9.17) is 26.6 Å². The normalized spacial score (nSPS) is 12.9. The van der Waals surface area contributed by atoms with Crippen molar-refractivity contribution in [3.63, 3.8) is 0 Å². The van der Waals surface area contributed by atoms with Crippen LogP contribution >= 0.6 is 0 Å². The SMILES string of the molecule is CCO[Si](OCC)(OCC)[AsH][Si](OCC)(OCC)OCC. The standard InChI is InChI=1S/C12H31AsO6Si2/c1-7-14-20(15-8-2,16-9-3)13-21(17-10-4,18-11-5)19-12-6/h13H,7-12H2,1-6H3. The topological polar surface area (TPSA) is 55.4 Å². The fraction of sp³-hybridized carbons (Fsp3) is 1.00. The molecular formula is C12H31AsO6Si2. The van der Waals surface area contributed by atoms with Gasteiger partial charge in [0.1, 0.15) is 0 Å². The Morgan fingerprint density at radius 1 is 0.476 bits per heavy atom. The molecule has 0 fully saturated rings. The Labute approximate surface area is 137 Å². The molecule has 0 saturated carbocycles. The van der Waals surface area contributed by atoms with Gasteiger partial charge >= 0.3 is 137 Å². The molecule has 0 aromatic carbocycles. The van der Waals surface area contributed by atoms with Crippen molar-refractivity contribution in [2.24, 2.45) is 0 Å². The molecule has 0 aromatic rings. The minimum absolute atomic E-state index is 0.560. The van der Waals surface area contributed by atoms with E-state index < -0.39 is 29.0 Å². The molecule has 0 amide bonds. The molecule has 0 rings (SSSR count). The van der Waals surface area contributed by atoms with Crippen LogP contribution in [-0.4, -0.2) is 68.6 Å². The van der Waals surface area contributed by atoms with Gasteiger partial charge < -0.3 is 0 Å². The van der Waals surface area contributed by atoms with E-state index in [-0.39, 0.29) is 0 Å². The molecule has 0 aliphatic rings. The average molecular weight is 402 g/mol.